The third-order valence-electron chi connectivity index (χ3n) is 3.33. The molecule has 2 aromatic rings. The molecule has 0 spiro atoms. The molecule has 18 heavy (non-hydrogen) atoms. The van der Waals surface area contributed by atoms with E-state index in [4.69, 9.17) is 5.73 Å². The number of nitrogens with two attached hydrogens (primary N) is 1. The largest absolute Gasteiger partial charge is 0.398 e. The zero-order chi connectivity index (χ0) is 12.8. The van der Waals surface area contributed by atoms with Gasteiger partial charge in [0.25, 0.3) is 5.92 Å². The maximum Gasteiger partial charge on any atom is 0.251 e. The molecule has 0 amide bonds. The number of aromatic amines is 1. The van der Waals surface area contributed by atoms with Crippen molar-refractivity contribution >= 4 is 22.2 Å². The van der Waals surface area contributed by atoms with E-state index >= 15 is 0 Å². The summed E-state index contributed by atoms with van der Waals surface area (Å²) in [4.78, 5) is 0. The predicted octanol–water partition coefficient (Wildman–Crippen LogP) is 3.35. The summed E-state index contributed by atoms with van der Waals surface area (Å²) in [5.41, 5.74) is 8.94. The molecule has 0 aliphatic heterocycles. The van der Waals surface area contributed by atoms with Crippen LogP contribution in [0.15, 0.2) is 24.3 Å². The lowest BCUT2D eigenvalue weighted by molar-refractivity contribution is -0.00604. The molecule has 0 fully saturated rings. The Hall–Kier alpha value is -1.91. The summed E-state index contributed by atoms with van der Waals surface area (Å²) in [6, 6.07) is 5.50. The second-order valence-electron chi connectivity index (χ2n) is 4.63. The van der Waals surface area contributed by atoms with Crippen molar-refractivity contribution in [2.75, 3.05) is 5.73 Å². The Morgan fingerprint density at radius 3 is 2.89 bits per heavy atom. The van der Waals surface area contributed by atoms with Gasteiger partial charge in [0.15, 0.2) is 0 Å². The van der Waals surface area contributed by atoms with E-state index in [1.165, 1.54) is 0 Å². The number of fused-ring (bicyclic) bond motifs is 1. The van der Waals surface area contributed by atoms with Gasteiger partial charge >= 0.3 is 0 Å². The number of nitrogen functional groups attached to an aromatic ring is 1. The fraction of sp³-hybridized carbons (Fsp3) is 0.308. The third kappa shape index (κ3) is 1.75. The van der Waals surface area contributed by atoms with Crippen molar-refractivity contribution in [1.82, 2.24) is 10.2 Å². The molecule has 0 bridgehead atoms. The van der Waals surface area contributed by atoms with Crippen LogP contribution in [0.3, 0.4) is 0 Å². The molecular formula is C13H13F2N3. The maximum atomic E-state index is 13.1. The van der Waals surface area contributed by atoms with Gasteiger partial charge in [0.05, 0.1) is 16.6 Å². The molecule has 0 saturated carbocycles. The van der Waals surface area contributed by atoms with Gasteiger partial charge in [-0.25, -0.2) is 8.78 Å². The van der Waals surface area contributed by atoms with Crippen LogP contribution in [0.25, 0.3) is 16.5 Å². The molecular weight excluding hydrogens is 236 g/mol. The number of rotatable bonds is 1. The third-order valence-corrected chi connectivity index (χ3v) is 3.33. The van der Waals surface area contributed by atoms with Gasteiger partial charge < -0.3 is 5.73 Å². The summed E-state index contributed by atoms with van der Waals surface area (Å²) in [5, 5.41) is 7.93. The van der Waals surface area contributed by atoms with E-state index in [0.717, 1.165) is 16.5 Å². The first-order valence-electron chi connectivity index (χ1n) is 5.87. The fourth-order valence-corrected chi connectivity index (χ4v) is 2.34. The zero-order valence-electron chi connectivity index (χ0n) is 9.71. The van der Waals surface area contributed by atoms with Crippen molar-refractivity contribution in [3.63, 3.8) is 0 Å². The van der Waals surface area contributed by atoms with Crippen LogP contribution in [0.1, 0.15) is 25.0 Å². The van der Waals surface area contributed by atoms with Crippen LogP contribution in [0.4, 0.5) is 14.5 Å². The fourth-order valence-electron chi connectivity index (χ4n) is 2.34. The number of alkyl halides is 2. The topological polar surface area (TPSA) is 54.7 Å². The van der Waals surface area contributed by atoms with Crippen LogP contribution >= 0.6 is 0 Å². The monoisotopic (exact) mass is 249 g/mol. The first-order valence-corrected chi connectivity index (χ1v) is 5.87. The average Bonchev–Trinajstić information content (AvgIpc) is 2.74. The van der Waals surface area contributed by atoms with E-state index < -0.39 is 5.92 Å². The van der Waals surface area contributed by atoms with Gasteiger partial charge in [-0.3, -0.25) is 5.10 Å². The van der Waals surface area contributed by atoms with Crippen molar-refractivity contribution in [1.29, 1.82) is 0 Å². The Labute approximate surface area is 103 Å². The maximum absolute atomic E-state index is 13.1. The molecule has 1 aromatic heterocycles. The van der Waals surface area contributed by atoms with Crippen molar-refractivity contribution < 1.29 is 8.78 Å². The van der Waals surface area contributed by atoms with Crippen LogP contribution in [0.2, 0.25) is 0 Å². The van der Waals surface area contributed by atoms with Crippen molar-refractivity contribution in [3.8, 4) is 0 Å². The highest BCUT2D eigenvalue weighted by Gasteiger charge is 2.32. The molecule has 1 aromatic carbocycles. The quantitative estimate of drug-likeness (QED) is 0.761. The molecule has 0 atom stereocenters. The van der Waals surface area contributed by atoms with E-state index in [9.17, 15) is 8.78 Å². The molecule has 1 aliphatic rings. The van der Waals surface area contributed by atoms with Crippen LogP contribution in [0, 0.1) is 0 Å². The minimum atomic E-state index is -2.58. The summed E-state index contributed by atoms with van der Waals surface area (Å²) < 4.78 is 26.2. The molecule has 1 heterocycles. The number of nitrogens with one attached hydrogen (secondary N) is 1. The van der Waals surface area contributed by atoms with Crippen molar-refractivity contribution in [2.45, 2.75) is 25.2 Å². The molecule has 3 rings (SSSR count). The highest BCUT2D eigenvalue weighted by Crippen LogP contribution is 2.38. The van der Waals surface area contributed by atoms with Gasteiger partial charge in [-0.05, 0) is 24.1 Å². The summed E-state index contributed by atoms with van der Waals surface area (Å²) in [6.07, 6.45) is 1.57. The Bertz CT molecular complexity index is 628. The summed E-state index contributed by atoms with van der Waals surface area (Å²) in [5.74, 6) is -2.58. The number of benzene rings is 1. The van der Waals surface area contributed by atoms with Crippen LogP contribution in [-0.4, -0.2) is 16.1 Å². The number of aromatic nitrogens is 2. The lowest BCUT2D eigenvalue weighted by Crippen LogP contribution is -2.18. The highest BCUT2D eigenvalue weighted by atomic mass is 19.3. The Morgan fingerprint density at radius 2 is 2.17 bits per heavy atom. The summed E-state index contributed by atoms with van der Waals surface area (Å²) >= 11 is 0. The highest BCUT2D eigenvalue weighted by molar-refractivity contribution is 5.98. The number of hydrogen-bond acceptors (Lipinski definition) is 2. The van der Waals surface area contributed by atoms with Crippen LogP contribution in [-0.2, 0) is 0 Å². The second-order valence-corrected chi connectivity index (χ2v) is 4.63. The van der Waals surface area contributed by atoms with Gasteiger partial charge in [-0.1, -0.05) is 12.1 Å². The lowest BCUT2D eigenvalue weighted by atomic mass is 9.93. The molecule has 94 valence electrons. The number of hydrogen-bond donors (Lipinski definition) is 2. The minimum absolute atomic E-state index is 0.125. The SMILES string of the molecule is Nc1cccc2[nH]nc(C3=CCC(F)(F)CC3)c12. The van der Waals surface area contributed by atoms with Crippen molar-refractivity contribution in [2.24, 2.45) is 0 Å². The van der Waals surface area contributed by atoms with E-state index in [1.807, 2.05) is 12.1 Å². The smallest absolute Gasteiger partial charge is 0.251 e. The first-order chi connectivity index (χ1) is 8.57. The number of nitrogens with zero attached hydrogens (tertiary/aromatic N) is 1. The van der Waals surface area contributed by atoms with Crippen molar-refractivity contribution in [3.05, 3.63) is 30.0 Å². The van der Waals surface area contributed by atoms with Crippen LogP contribution < -0.4 is 5.73 Å². The molecule has 5 heteroatoms. The van der Waals surface area contributed by atoms with E-state index in [1.54, 1.807) is 12.1 Å². The van der Waals surface area contributed by atoms with E-state index in [2.05, 4.69) is 10.2 Å². The molecule has 0 radical (unpaired) electrons. The molecule has 0 saturated heterocycles. The molecule has 3 N–H and O–H groups in total. The normalized spacial score (nSPS) is 18.9. The standard InChI is InChI=1S/C13H13F2N3/c14-13(15)6-4-8(5-7-13)12-11-9(16)2-1-3-10(11)17-18-12/h1-4H,5-7,16H2,(H,17,18). The minimum Gasteiger partial charge on any atom is -0.398 e. The molecule has 3 nitrogen and oxygen atoms in total. The number of allylic oxidation sites excluding steroid dienone is 2. The molecule has 0 unspecified atom stereocenters. The Balaban J connectivity index is 2.08. The first kappa shape index (κ1) is 11.2. The molecule has 1 aliphatic carbocycles. The second kappa shape index (κ2) is 3.80. The number of H-pyrrole nitrogens is 1. The van der Waals surface area contributed by atoms with Gasteiger partial charge in [0, 0.05) is 18.5 Å². The predicted molar refractivity (Wildman–Crippen MR) is 67.3 cm³/mol. The van der Waals surface area contributed by atoms with Gasteiger partial charge in [0.1, 0.15) is 0 Å². The lowest BCUT2D eigenvalue weighted by Gasteiger charge is -2.20. The van der Waals surface area contributed by atoms with Crippen LogP contribution in [0.5, 0.6) is 0 Å². The average molecular weight is 249 g/mol. The number of halogens is 2. The van der Waals surface area contributed by atoms with Gasteiger partial charge in [0.2, 0.25) is 0 Å². The summed E-state index contributed by atoms with van der Waals surface area (Å²) in [7, 11) is 0. The zero-order valence-corrected chi connectivity index (χ0v) is 9.71. The van der Waals surface area contributed by atoms with E-state index in [0.29, 0.717) is 17.8 Å². The Kier molecular flexibility index (Phi) is 2.36. The summed E-state index contributed by atoms with van der Waals surface area (Å²) in [6.45, 7) is 0. The van der Waals surface area contributed by atoms with E-state index in [-0.39, 0.29) is 12.8 Å². The van der Waals surface area contributed by atoms with Gasteiger partial charge in [-0.2, -0.15) is 5.10 Å². The Morgan fingerprint density at radius 1 is 1.33 bits per heavy atom. The number of anilines is 1. The van der Waals surface area contributed by atoms with Gasteiger partial charge in [-0.15, -0.1) is 0 Å².